The Kier molecular flexibility index (Phi) is 146. The van der Waals surface area contributed by atoms with Crippen LogP contribution in [0.5, 0.6) is 0 Å². The molecule has 0 aromatic heterocycles. The molecule has 0 spiro atoms. The van der Waals surface area contributed by atoms with Crippen molar-refractivity contribution in [3.63, 3.8) is 0 Å². The minimum Gasteiger partial charge on any atom is -0.106 e. The first kappa shape index (κ1) is 49.5. The summed E-state index contributed by atoms with van der Waals surface area (Å²) >= 11 is 0. The van der Waals surface area contributed by atoms with Gasteiger partial charge in [-0.3, -0.25) is 0 Å². The normalized spacial score (nSPS) is 6.96. The first-order valence-electron chi connectivity index (χ1n) is 10.4. The molecule has 0 heterocycles. The van der Waals surface area contributed by atoms with Crippen molar-refractivity contribution in [1.29, 1.82) is 0 Å². The van der Waals surface area contributed by atoms with Gasteiger partial charge in [-0.1, -0.05) is 125 Å². The fourth-order valence-electron chi connectivity index (χ4n) is 0.667. The topological polar surface area (TPSA) is 0 Å². The van der Waals surface area contributed by atoms with Crippen molar-refractivity contribution in [2.45, 2.75) is 125 Å². The van der Waals surface area contributed by atoms with Crippen LogP contribution in [-0.4, -0.2) is 0 Å². The molecule has 0 nitrogen and oxygen atoms in total. The van der Waals surface area contributed by atoms with Crippen molar-refractivity contribution in [1.82, 2.24) is 0 Å². The van der Waals surface area contributed by atoms with Crippen LogP contribution in [-0.2, 0) is 0 Å². The second kappa shape index (κ2) is 67.8. The van der Waals surface area contributed by atoms with Gasteiger partial charge in [0.05, 0.1) is 0 Å². The van der Waals surface area contributed by atoms with E-state index in [1.807, 2.05) is 83.1 Å². The Morgan fingerprint density at radius 2 is 0.522 bits per heavy atom. The average molecular weight is 337 g/mol. The van der Waals surface area contributed by atoms with E-state index >= 15 is 0 Å². The second-order valence-electron chi connectivity index (χ2n) is 4.13. The van der Waals surface area contributed by atoms with Gasteiger partial charge in [-0.2, -0.15) is 0 Å². The molecular formula is C23H60. The van der Waals surface area contributed by atoms with Crippen LogP contribution in [0.15, 0.2) is 13.2 Å². The summed E-state index contributed by atoms with van der Waals surface area (Å²) in [6.07, 6.45) is 0. The molecule has 0 amide bonds. The number of hydrogen-bond acceptors (Lipinski definition) is 0. The summed E-state index contributed by atoms with van der Waals surface area (Å²) in [4.78, 5) is 0. The maximum Gasteiger partial charge on any atom is -0.0308 e. The summed E-state index contributed by atoms with van der Waals surface area (Å²) < 4.78 is 0. The van der Waals surface area contributed by atoms with E-state index in [9.17, 15) is 0 Å². The van der Waals surface area contributed by atoms with Gasteiger partial charge in [0.15, 0.2) is 0 Å². The van der Waals surface area contributed by atoms with Crippen LogP contribution in [0.25, 0.3) is 0 Å². The summed E-state index contributed by atoms with van der Waals surface area (Å²) in [7, 11) is 0. The Labute approximate surface area is 155 Å². The lowest BCUT2D eigenvalue weighted by Crippen LogP contribution is -2.25. The van der Waals surface area contributed by atoms with E-state index in [1.165, 1.54) is 0 Å². The molecule has 0 saturated heterocycles. The van der Waals surface area contributed by atoms with Crippen molar-refractivity contribution in [2.24, 2.45) is 17.3 Å². The highest BCUT2D eigenvalue weighted by atomic mass is 14.3. The van der Waals surface area contributed by atoms with Gasteiger partial charge in [-0.05, 0) is 17.3 Å². The van der Waals surface area contributed by atoms with Crippen LogP contribution in [0.3, 0.4) is 0 Å². The minimum absolute atomic E-state index is 0.500. The predicted molar refractivity (Wildman–Crippen MR) is 123 cm³/mol. The Morgan fingerprint density at radius 1 is 0.435 bits per heavy atom. The standard InChI is InChI=1S/C9H20.6C2H6.C2H4/c1-7(2)9(5,6)8(3)4;7*1-2/h7-8H,1-6H3;6*1-2H3;1-2H2. The van der Waals surface area contributed by atoms with Gasteiger partial charge in [0.25, 0.3) is 0 Å². The van der Waals surface area contributed by atoms with E-state index in [2.05, 4.69) is 54.7 Å². The molecule has 0 fully saturated rings. The minimum atomic E-state index is 0.500. The quantitative estimate of drug-likeness (QED) is 0.440. The van der Waals surface area contributed by atoms with E-state index in [0.717, 1.165) is 11.8 Å². The molecule has 0 aliphatic rings. The van der Waals surface area contributed by atoms with Gasteiger partial charge in [-0.15, -0.1) is 13.2 Å². The number of rotatable bonds is 2. The van der Waals surface area contributed by atoms with Crippen molar-refractivity contribution in [3.05, 3.63) is 13.2 Å². The average Bonchev–Trinajstić information content (AvgIpc) is 2.66. The first-order chi connectivity index (χ1) is 10.9. The zero-order chi connectivity index (χ0) is 21.7. The molecule has 0 radical (unpaired) electrons. The van der Waals surface area contributed by atoms with Crippen LogP contribution in [0.4, 0.5) is 0 Å². The van der Waals surface area contributed by atoms with Crippen molar-refractivity contribution in [2.75, 3.05) is 0 Å². The molecule has 0 aliphatic heterocycles. The Bertz CT molecular complexity index is 78.2. The molecule has 152 valence electrons. The molecule has 0 aliphatic carbocycles. The largest absolute Gasteiger partial charge is 0.106 e. The lowest BCUT2D eigenvalue weighted by atomic mass is 9.72. The molecule has 0 atom stereocenters. The van der Waals surface area contributed by atoms with E-state index < -0.39 is 0 Å². The van der Waals surface area contributed by atoms with E-state index in [1.54, 1.807) is 0 Å². The van der Waals surface area contributed by atoms with Crippen LogP contribution in [0, 0.1) is 17.3 Å². The maximum absolute atomic E-state index is 3.00. The Morgan fingerprint density at radius 3 is 0.522 bits per heavy atom. The summed E-state index contributed by atoms with van der Waals surface area (Å²) in [5.74, 6) is 1.58. The molecule has 0 aromatic rings. The zero-order valence-corrected chi connectivity index (χ0v) is 21.1. The lowest BCUT2D eigenvalue weighted by Gasteiger charge is -2.33. The van der Waals surface area contributed by atoms with E-state index in [-0.39, 0.29) is 0 Å². The Hall–Kier alpha value is -0.260. The highest BCUT2D eigenvalue weighted by Crippen LogP contribution is 2.33. The molecule has 0 bridgehead atoms. The highest BCUT2D eigenvalue weighted by Gasteiger charge is 2.25. The summed E-state index contributed by atoms with van der Waals surface area (Å²) in [5.41, 5.74) is 0.500. The van der Waals surface area contributed by atoms with E-state index in [0.29, 0.717) is 5.41 Å². The van der Waals surface area contributed by atoms with Crippen LogP contribution in [0.2, 0.25) is 0 Å². The van der Waals surface area contributed by atoms with Gasteiger partial charge in [-0.25, -0.2) is 0 Å². The van der Waals surface area contributed by atoms with Gasteiger partial charge in [0, 0.05) is 0 Å². The first-order valence-corrected chi connectivity index (χ1v) is 10.4. The fourth-order valence-corrected chi connectivity index (χ4v) is 0.667. The van der Waals surface area contributed by atoms with Gasteiger partial charge in [0.1, 0.15) is 0 Å². The highest BCUT2D eigenvalue weighted by molar-refractivity contribution is 4.75. The zero-order valence-electron chi connectivity index (χ0n) is 21.1. The van der Waals surface area contributed by atoms with Crippen molar-refractivity contribution >= 4 is 0 Å². The molecule has 0 heteroatoms. The molecule has 0 unspecified atom stereocenters. The molecule has 0 rings (SSSR count). The molecule has 0 aromatic carbocycles. The van der Waals surface area contributed by atoms with Crippen LogP contribution in [0.1, 0.15) is 125 Å². The number of hydrogen-bond donors (Lipinski definition) is 0. The molecule has 0 N–H and O–H groups in total. The molecule has 23 heavy (non-hydrogen) atoms. The SMILES string of the molecule is C=C.CC.CC.CC.CC.CC.CC.CC(C)C(C)(C)C(C)C. The third-order valence-electron chi connectivity index (χ3n) is 2.98. The van der Waals surface area contributed by atoms with E-state index in [4.69, 9.17) is 0 Å². The molecular weight excluding hydrogens is 276 g/mol. The van der Waals surface area contributed by atoms with Crippen molar-refractivity contribution in [3.8, 4) is 0 Å². The van der Waals surface area contributed by atoms with Gasteiger partial charge < -0.3 is 0 Å². The van der Waals surface area contributed by atoms with Crippen LogP contribution < -0.4 is 0 Å². The van der Waals surface area contributed by atoms with Crippen molar-refractivity contribution < 1.29 is 0 Å². The van der Waals surface area contributed by atoms with Crippen LogP contribution >= 0.6 is 0 Å². The summed E-state index contributed by atoms with van der Waals surface area (Å²) in [6, 6.07) is 0. The van der Waals surface area contributed by atoms with Gasteiger partial charge in [0.2, 0.25) is 0 Å². The molecule has 0 saturated carbocycles. The Balaban J connectivity index is -0.0000000226. The predicted octanol–water partition coefficient (Wildman–Crippen LogP) is 10.3. The fraction of sp³-hybridized carbons (Fsp3) is 0.913. The third-order valence-corrected chi connectivity index (χ3v) is 2.98. The second-order valence-corrected chi connectivity index (χ2v) is 4.13. The smallest absolute Gasteiger partial charge is 0.0308 e. The van der Waals surface area contributed by atoms with Gasteiger partial charge >= 0.3 is 0 Å². The summed E-state index contributed by atoms with van der Waals surface area (Å²) in [5, 5.41) is 0. The third kappa shape index (κ3) is 61.5. The monoisotopic (exact) mass is 336 g/mol. The lowest BCUT2D eigenvalue weighted by molar-refractivity contribution is 0.165. The summed E-state index contributed by atoms with van der Waals surface area (Å²) in [6.45, 7) is 43.8. The maximum atomic E-state index is 3.00.